The predicted molar refractivity (Wildman–Crippen MR) is 110 cm³/mol. The molecule has 8 heteroatoms. The van der Waals surface area contributed by atoms with Gasteiger partial charge in [0, 0.05) is 19.4 Å². The number of aromatic nitrogens is 2. The smallest absolute Gasteiger partial charge is 0.322 e. The first kappa shape index (κ1) is 19.6. The Morgan fingerprint density at radius 1 is 1.23 bits per heavy atom. The van der Waals surface area contributed by atoms with Crippen molar-refractivity contribution in [2.24, 2.45) is 0 Å². The third-order valence-electron chi connectivity index (χ3n) is 5.04. The second-order valence-corrected chi connectivity index (χ2v) is 7.04. The highest BCUT2D eigenvalue weighted by Crippen LogP contribution is 2.24. The largest absolute Gasteiger partial charge is 0.495 e. The van der Waals surface area contributed by atoms with Crippen LogP contribution in [0.2, 0.25) is 0 Å². The van der Waals surface area contributed by atoms with E-state index in [1.165, 1.54) is 19.2 Å². The number of urea groups is 1. The average Bonchev–Trinajstić information content (AvgIpc) is 2.75. The van der Waals surface area contributed by atoms with Gasteiger partial charge in [-0.3, -0.25) is 4.79 Å². The summed E-state index contributed by atoms with van der Waals surface area (Å²) in [7, 11) is 1.54. The summed E-state index contributed by atoms with van der Waals surface area (Å²) in [4.78, 5) is 34.2. The zero-order valence-electron chi connectivity index (χ0n) is 16.4. The Labute approximate surface area is 172 Å². The zero-order valence-corrected chi connectivity index (χ0v) is 16.4. The second-order valence-electron chi connectivity index (χ2n) is 7.04. The number of aromatic amines is 1. The number of para-hydroxylation sites is 2. The summed E-state index contributed by atoms with van der Waals surface area (Å²) >= 11 is 0. The monoisotopic (exact) mass is 408 g/mol. The highest BCUT2D eigenvalue weighted by Gasteiger charge is 2.25. The van der Waals surface area contributed by atoms with Gasteiger partial charge < -0.3 is 19.9 Å². The minimum atomic E-state index is -0.308. The quantitative estimate of drug-likeness (QED) is 0.695. The number of benzene rings is 2. The summed E-state index contributed by atoms with van der Waals surface area (Å²) in [5.41, 5.74) is 2.34. The maximum atomic E-state index is 13.1. The van der Waals surface area contributed by atoms with Crippen LogP contribution in [-0.2, 0) is 19.4 Å². The van der Waals surface area contributed by atoms with Gasteiger partial charge in [0.05, 0.1) is 30.6 Å². The van der Waals surface area contributed by atoms with E-state index >= 15 is 0 Å². The summed E-state index contributed by atoms with van der Waals surface area (Å²) in [6.45, 7) is 0.621. The summed E-state index contributed by atoms with van der Waals surface area (Å²) in [5.74, 6) is 0.780. The van der Waals surface area contributed by atoms with Crippen molar-refractivity contribution in [2.45, 2.75) is 19.4 Å². The van der Waals surface area contributed by atoms with Crippen LogP contribution in [0, 0.1) is 5.82 Å². The lowest BCUT2D eigenvalue weighted by Gasteiger charge is -2.28. The van der Waals surface area contributed by atoms with E-state index in [0.717, 1.165) is 5.56 Å². The molecule has 2 N–H and O–H groups in total. The van der Waals surface area contributed by atoms with Crippen LogP contribution in [0.1, 0.15) is 22.6 Å². The number of nitrogens with one attached hydrogen (secondary N) is 2. The van der Waals surface area contributed by atoms with Crippen molar-refractivity contribution in [1.82, 2.24) is 14.9 Å². The molecule has 2 aromatic carbocycles. The van der Waals surface area contributed by atoms with E-state index in [4.69, 9.17) is 4.74 Å². The molecule has 0 unspecified atom stereocenters. The van der Waals surface area contributed by atoms with Crippen molar-refractivity contribution in [2.75, 3.05) is 19.0 Å². The Kier molecular flexibility index (Phi) is 5.47. The van der Waals surface area contributed by atoms with Gasteiger partial charge in [-0.15, -0.1) is 0 Å². The average molecular weight is 408 g/mol. The molecule has 2 amide bonds. The van der Waals surface area contributed by atoms with Crippen LogP contribution in [-0.4, -0.2) is 34.6 Å². The molecule has 0 fully saturated rings. The van der Waals surface area contributed by atoms with Crippen molar-refractivity contribution in [3.05, 3.63) is 87.3 Å². The fourth-order valence-electron chi connectivity index (χ4n) is 3.47. The molecule has 4 rings (SSSR count). The van der Waals surface area contributed by atoms with Crippen LogP contribution in [0.15, 0.2) is 53.3 Å². The van der Waals surface area contributed by atoms with E-state index in [1.807, 2.05) is 6.07 Å². The number of carbonyl (C=O) groups excluding carboxylic acids is 1. The van der Waals surface area contributed by atoms with E-state index in [1.54, 1.807) is 35.2 Å². The Balaban J connectivity index is 1.49. The van der Waals surface area contributed by atoms with Crippen molar-refractivity contribution in [3.8, 4) is 5.75 Å². The first-order chi connectivity index (χ1) is 14.5. The molecule has 1 aliphatic rings. The molecule has 2 heterocycles. The first-order valence-corrected chi connectivity index (χ1v) is 9.58. The maximum Gasteiger partial charge on any atom is 0.322 e. The highest BCUT2D eigenvalue weighted by atomic mass is 19.1. The maximum absolute atomic E-state index is 13.1. The number of rotatable bonds is 4. The number of H-pyrrole nitrogens is 1. The summed E-state index contributed by atoms with van der Waals surface area (Å²) in [6.07, 6.45) is 0.885. The van der Waals surface area contributed by atoms with Crippen molar-refractivity contribution in [3.63, 3.8) is 0 Å². The number of nitrogens with zero attached hydrogens (tertiary/aromatic N) is 2. The van der Waals surface area contributed by atoms with Gasteiger partial charge in [0.25, 0.3) is 5.56 Å². The number of methoxy groups -OCH3 is 1. The van der Waals surface area contributed by atoms with Gasteiger partial charge in [-0.2, -0.15) is 0 Å². The Morgan fingerprint density at radius 3 is 2.77 bits per heavy atom. The normalized spacial score (nSPS) is 12.9. The fourth-order valence-corrected chi connectivity index (χ4v) is 3.47. The van der Waals surface area contributed by atoms with Crippen LogP contribution in [0.25, 0.3) is 0 Å². The first-order valence-electron chi connectivity index (χ1n) is 9.58. The molecule has 30 heavy (non-hydrogen) atoms. The number of halogens is 1. The number of carbonyl (C=O) groups is 1. The van der Waals surface area contributed by atoms with Gasteiger partial charge in [0.2, 0.25) is 0 Å². The molecule has 1 aromatic heterocycles. The molecule has 154 valence electrons. The van der Waals surface area contributed by atoms with Gasteiger partial charge in [-0.25, -0.2) is 14.2 Å². The molecule has 0 bridgehead atoms. The molecule has 1 aliphatic heterocycles. The third kappa shape index (κ3) is 4.17. The van der Waals surface area contributed by atoms with Crippen molar-refractivity contribution < 1.29 is 13.9 Å². The zero-order chi connectivity index (χ0) is 21.1. The van der Waals surface area contributed by atoms with Gasteiger partial charge in [0.15, 0.2) is 0 Å². The highest BCUT2D eigenvalue weighted by molar-refractivity contribution is 5.91. The summed E-state index contributed by atoms with van der Waals surface area (Å²) in [6, 6.07) is 12.9. The van der Waals surface area contributed by atoms with E-state index in [0.29, 0.717) is 47.9 Å². The Morgan fingerprint density at radius 2 is 2.00 bits per heavy atom. The number of ether oxygens (including phenoxy) is 1. The lowest BCUT2D eigenvalue weighted by Crippen LogP contribution is -2.42. The second kappa shape index (κ2) is 8.36. The summed E-state index contributed by atoms with van der Waals surface area (Å²) in [5, 5.41) is 2.83. The molecule has 0 radical (unpaired) electrons. The minimum Gasteiger partial charge on any atom is -0.495 e. The lowest BCUT2D eigenvalue weighted by atomic mass is 10.1. The van der Waals surface area contributed by atoms with Gasteiger partial charge in [-0.05, 0) is 29.8 Å². The van der Waals surface area contributed by atoms with Crippen molar-refractivity contribution >= 4 is 11.7 Å². The van der Waals surface area contributed by atoms with Crippen LogP contribution >= 0.6 is 0 Å². The Hall–Kier alpha value is -3.68. The molecule has 0 saturated carbocycles. The molecule has 0 atom stereocenters. The number of amides is 2. The van der Waals surface area contributed by atoms with Crippen LogP contribution in [0.3, 0.4) is 0 Å². The lowest BCUT2D eigenvalue weighted by molar-refractivity contribution is 0.205. The predicted octanol–water partition coefficient (Wildman–Crippen LogP) is 3.10. The number of hydrogen-bond donors (Lipinski definition) is 2. The molecule has 0 spiro atoms. The topological polar surface area (TPSA) is 87.3 Å². The van der Waals surface area contributed by atoms with Gasteiger partial charge >= 0.3 is 6.03 Å². The van der Waals surface area contributed by atoms with Crippen LogP contribution < -0.4 is 15.6 Å². The molecule has 0 saturated heterocycles. The van der Waals surface area contributed by atoms with Gasteiger partial charge in [-0.1, -0.05) is 24.3 Å². The van der Waals surface area contributed by atoms with E-state index < -0.39 is 0 Å². The molecule has 7 nitrogen and oxygen atoms in total. The number of hydrogen-bond acceptors (Lipinski definition) is 4. The van der Waals surface area contributed by atoms with E-state index in [9.17, 15) is 14.0 Å². The molecule has 3 aromatic rings. The SMILES string of the molecule is COc1ccccc1NC(=O)N1CCc2nc(Cc3ccc(F)cc3)[nH]c(=O)c2C1. The minimum absolute atomic E-state index is 0.176. The standard InChI is InChI=1S/C22H21FN4O3/c1-30-19-5-3-2-4-18(19)25-22(29)27-11-10-17-16(13-27)21(28)26-20(24-17)12-14-6-8-15(23)9-7-14/h2-9H,10-13H2,1H3,(H,25,29)(H,24,26,28). The molecular weight excluding hydrogens is 387 g/mol. The fraction of sp³-hybridized carbons (Fsp3) is 0.227. The molecule has 0 aliphatic carbocycles. The van der Waals surface area contributed by atoms with E-state index in [2.05, 4.69) is 15.3 Å². The third-order valence-corrected chi connectivity index (χ3v) is 5.04. The van der Waals surface area contributed by atoms with Crippen LogP contribution in [0.4, 0.5) is 14.9 Å². The molecular formula is C22H21FN4O3. The Bertz CT molecular complexity index is 1130. The van der Waals surface area contributed by atoms with Crippen molar-refractivity contribution in [1.29, 1.82) is 0 Å². The number of fused-ring (bicyclic) bond motifs is 1. The van der Waals surface area contributed by atoms with Crippen LogP contribution in [0.5, 0.6) is 5.75 Å². The summed E-state index contributed by atoms with van der Waals surface area (Å²) < 4.78 is 18.3. The van der Waals surface area contributed by atoms with Gasteiger partial charge in [0.1, 0.15) is 17.4 Å². The number of anilines is 1. The van der Waals surface area contributed by atoms with E-state index in [-0.39, 0.29) is 24.0 Å².